The molecular formula is C15H17ClN2O3. The van der Waals surface area contributed by atoms with E-state index in [2.05, 4.69) is 0 Å². The normalized spacial score (nSPS) is 12.3. The van der Waals surface area contributed by atoms with Crippen molar-refractivity contribution in [3.8, 4) is 0 Å². The quantitative estimate of drug-likeness (QED) is 0.649. The first-order chi connectivity index (χ1) is 10.0. The number of rotatable bonds is 6. The predicted molar refractivity (Wildman–Crippen MR) is 81.5 cm³/mol. The van der Waals surface area contributed by atoms with Crippen molar-refractivity contribution in [2.45, 2.75) is 32.4 Å². The minimum atomic E-state index is -0.502. The van der Waals surface area contributed by atoms with Crippen LogP contribution in [-0.4, -0.2) is 14.6 Å². The van der Waals surface area contributed by atoms with E-state index in [9.17, 15) is 15.2 Å². The minimum absolute atomic E-state index is 0.00635. The lowest BCUT2D eigenvalue weighted by Gasteiger charge is -2.08. The lowest BCUT2D eigenvalue weighted by Crippen LogP contribution is -2.02. The van der Waals surface area contributed by atoms with E-state index < -0.39 is 11.0 Å². The van der Waals surface area contributed by atoms with Gasteiger partial charge in [-0.05, 0) is 24.1 Å². The summed E-state index contributed by atoms with van der Waals surface area (Å²) in [4.78, 5) is 10.6. The van der Waals surface area contributed by atoms with Gasteiger partial charge in [0.15, 0.2) is 0 Å². The van der Waals surface area contributed by atoms with Gasteiger partial charge >= 0.3 is 0 Å². The van der Waals surface area contributed by atoms with Crippen LogP contribution in [0.1, 0.15) is 37.0 Å². The zero-order valence-electron chi connectivity index (χ0n) is 11.7. The highest BCUT2D eigenvalue weighted by molar-refractivity contribution is 6.31. The monoisotopic (exact) mass is 308 g/mol. The molecule has 21 heavy (non-hydrogen) atoms. The molecule has 112 valence electrons. The van der Waals surface area contributed by atoms with Crippen LogP contribution in [0.25, 0.3) is 0 Å². The average Bonchev–Trinajstić information content (AvgIpc) is 2.90. The van der Waals surface area contributed by atoms with Gasteiger partial charge < -0.3 is 9.67 Å². The summed E-state index contributed by atoms with van der Waals surface area (Å²) in [5.41, 5.74) is 1.29. The van der Waals surface area contributed by atoms with Gasteiger partial charge in [-0.15, -0.1) is 0 Å². The highest BCUT2D eigenvalue weighted by Gasteiger charge is 2.17. The number of benzene rings is 1. The summed E-state index contributed by atoms with van der Waals surface area (Å²) in [6, 6.07) is 6.47. The number of hydrogen-bond donors (Lipinski definition) is 1. The highest BCUT2D eigenvalue weighted by atomic mass is 35.5. The van der Waals surface area contributed by atoms with Crippen molar-refractivity contribution in [2.75, 3.05) is 0 Å². The molecule has 0 saturated heterocycles. The molecule has 1 heterocycles. The van der Waals surface area contributed by atoms with E-state index in [1.807, 2.05) is 13.0 Å². The van der Waals surface area contributed by atoms with Gasteiger partial charge in [-0.2, -0.15) is 0 Å². The number of nitro groups is 1. The van der Waals surface area contributed by atoms with Crippen LogP contribution >= 0.6 is 11.6 Å². The fourth-order valence-corrected chi connectivity index (χ4v) is 2.48. The van der Waals surface area contributed by atoms with Crippen LogP contribution in [-0.2, 0) is 6.54 Å². The smallest absolute Gasteiger partial charge is 0.275 e. The molecule has 0 radical (unpaired) electrons. The van der Waals surface area contributed by atoms with Crippen LogP contribution in [0.2, 0.25) is 5.02 Å². The summed E-state index contributed by atoms with van der Waals surface area (Å²) in [5.74, 6) is 0. The fourth-order valence-electron chi connectivity index (χ4n) is 2.25. The number of aliphatic hydroxyl groups excluding tert-OH is 1. The molecule has 2 aromatic rings. The Bertz CT molecular complexity index is 640. The molecule has 2 rings (SSSR count). The standard InChI is InChI=1S/C15H17ClN2O3/c1-2-4-15(19)11-7-8-17(9-11)10-12-13(16)5-3-6-14(12)18(20)21/h3,5-9,15,19H,2,4,10H2,1H3. The summed E-state index contributed by atoms with van der Waals surface area (Å²) in [6.07, 6.45) is 4.67. The van der Waals surface area contributed by atoms with Crippen molar-refractivity contribution in [1.82, 2.24) is 4.57 Å². The number of nitro benzene ring substituents is 1. The SMILES string of the molecule is CCCC(O)c1ccn(Cc2c(Cl)cccc2[N+](=O)[O-])c1. The van der Waals surface area contributed by atoms with E-state index in [4.69, 9.17) is 11.6 Å². The molecule has 0 bridgehead atoms. The molecule has 1 N–H and O–H groups in total. The molecule has 0 aliphatic heterocycles. The zero-order chi connectivity index (χ0) is 15.4. The number of halogens is 1. The van der Waals surface area contributed by atoms with Crippen LogP contribution in [0.5, 0.6) is 0 Å². The van der Waals surface area contributed by atoms with E-state index in [0.29, 0.717) is 23.6 Å². The average molecular weight is 309 g/mol. The zero-order valence-corrected chi connectivity index (χ0v) is 12.5. The van der Waals surface area contributed by atoms with Crippen molar-refractivity contribution in [2.24, 2.45) is 0 Å². The highest BCUT2D eigenvalue weighted by Crippen LogP contribution is 2.28. The Balaban J connectivity index is 2.25. The number of hydrogen-bond acceptors (Lipinski definition) is 3. The molecule has 0 fully saturated rings. The number of nitrogens with zero attached hydrogens (tertiary/aromatic N) is 2. The first-order valence-electron chi connectivity index (χ1n) is 6.78. The molecule has 0 aliphatic carbocycles. The molecule has 5 nitrogen and oxygen atoms in total. The van der Waals surface area contributed by atoms with Gasteiger partial charge in [0.05, 0.1) is 28.2 Å². The van der Waals surface area contributed by atoms with Gasteiger partial charge in [0.25, 0.3) is 5.69 Å². The van der Waals surface area contributed by atoms with Crippen LogP contribution in [0.4, 0.5) is 5.69 Å². The summed E-state index contributed by atoms with van der Waals surface area (Å²) in [5, 5.41) is 21.4. The molecule has 1 aromatic heterocycles. The Morgan fingerprint density at radius 3 is 2.86 bits per heavy atom. The Hall–Kier alpha value is -1.85. The molecular weight excluding hydrogens is 292 g/mol. The van der Waals surface area contributed by atoms with Crippen LogP contribution in [0.15, 0.2) is 36.7 Å². The number of aliphatic hydroxyl groups is 1. The van der Waals surface area contributed by atoms with Gasteiger partial charge in [-0.1, -0.05) is 31.0 Å². The third-order valence-corrected chi connectivity index (χ3v) is 3.71. The number of aromatic nitrogens is 1. The van der Waals surface area contributed by atoms with Gasteiger partial charge in [0, 0.05) is 18.5 Å². The van der Waals surface area contributed by atoms with Crippen molar-refractivity contribution in [1.29, 1.82) is 0 Å². The second kappa shape index (κ2) is 6.74. The summed E-state index contributed by atoms with van der Waals surface area (Å²) >= 11 is 6.08. The molecule has 0 saturated carbocycles. The second-order valence-electron chi connectivity index (χ2n) is 4.92. The first-order valence-corrected chi connectivity index (χ1v) is 7.16. The topological polar surface area (TPSA) is 68.3 Å². The van der Waals surface area contributed by atoms with Crippen LogP contribution < -0.4 is 0 Å². The van der Waals surface area contributed by atoms with E-state index in [-0.39, 0.29) is 5.69 Å². The largest absolute Gasteiger partial charge is 0.388 e. The van der Waals surface area contributed by atoms with Crippen molar-refractivity contribution >= 4 is 17.3 Å². The minimum Gasteiger partial charge on any atom is -0.388 e. The van der Waals surface area contributed by atoms with E-state index in [1.54, 1.807) is 29.1 Å². The van der Waals surface area contributed by atoms with Crippen LogP contribution in [0.3, 0.4) is 0 Å². The third-order valence-electron chi connectivity index (χ3n) is 3.35. The van der Waals surface area contributed by atoms with Gasteiger partial charge in [0.1, 0.15) is 0 Å². The summed E-state index contributed by atoms with van der Waals surface area (Å²) in [6.45, 7) is 2.31. The predicted octanol–water partition coefficient (Wildman–Crippen LogP) is 3.93. The van der Waals surface area contributed by atoms with Crippen LogP contribution in [0, 0.1) is 10.1 Å². The molecule has 0 aliphatic rings. The first kappa shape index (κ1) is 15.5. The van der Waals surface area contributed by atoms with Gasteiger partial charge in [-0.3, -0.25) is 10.1 Å². The summed E-state index contributed by atoms with van der Waals surface area (Å²) < 4.78 is 1.79. The van der Waals surface area contributed by atoms with Crippen molar-refractivity contribution < 1.29 is 10.0 Å². The molecule has 1 atom stereocenters. The molecule has 0 amide bonds. The summed E-state index contributed by atoms with van der Waals surface area (Å²) in [7, 11) is 0. The Morgan fingerprint density at radius 1 is 1.43 bits per heavy atom. The van der Waals surface area contributed by atoms with E-state index in [1.165, 1.54) is 6.07 Å². The maximum atomic E-state index is 11.1. The maximum absolute atomic E-state index is 11.1. The lowest BCUT2D eigenvalue weighted by molar-refractivity contribution is -0.385. The van der Waals surface area contributed by atoms with Crippen molar-refractivity contribution in [3.05, 3.63) is 62.9 Å². The lowest BCUT2D eigenvalue weighted by atomic mass is 10.1. The second-order valence-corrected chi connectivity index (χ2v) is 5.32. The molecule has 1 unspecified atom stereocenters. The van der Waals surface area contributed by atoms with Gasteiger partial charge in [-0.25, -0.2) is 0 Å². The maximum Gasteiger partial charge on any atom is 0.275 e. The Kier molecular flexibility index (Phi) is 4.98. The molecule has 1 aromatic carbocycles. The van der Waals surface area contributed by atoms with Gasteiger partial charge in [0.2, 0.25) is 0 Å². The molecule has 0 spiro atoms. The fraction of sp³-hybridized carbons (Fsp3) is 0.333. The van der Waals surface area contributed by atoms with Crippen molar-refractivity contribution in [3.63, 3.8) is 0 Å². The Morgan fingerprint density at radius 2 is 2.19 bits per heavy atom. The van der Waals surface area contributed by atoms with E-state index >= 15 is 0 Å². The third kappa shape index (κ3) is 3.62. The van der Waals surface area contributed by atoms with E-state index in [0.717, 1.165) is 12.0 Å². The molecule has 6 heteroatoms. The Labute approximate surface area is 127 Å².